The van der Waals surface area contributed by atoms with Crippen molar-refractivity contribution < 1.29 is 19.5 Å². The van der Waals surface area contributed by atoms with Gasteiger partial charge in [-0.25, -0.2) is 0 Å². The first-order valence-corrected chi connectivity index (χ1v) is 7.63. The number of aliphatic hydroxyl groups excluding tert-OH is 1. The van der Waals surface area contributed by atoms with Crippen molar-refractivity contribution >= 4 is 5.97 Å². The predicted octanol–water partition coefficient (Wildman–Crippen LogP) is -0.0263. The summed E-state index contributed by atoms with van der Waals surface area (Å²) in [6.45, 7) is 3.56. The first kappa shape index (κ1) is 16.9. The van der Waals surface area contributed by atoms with Gasteiger partial charge in [0.05, 0.1) is 19.2 Å². The van der Waals surface area contributed by atoms with Crippen LogP contribution in [0.3, 0.4) is 0 Å². The normalized spacial score (nSPS) is 22.5. The highest BCUT2D eigenvalue weighted by Crippen LogP contribution is 2.17. The van der Waals surface area contributed by atoms with E-state index in [1.165, 1.54) is 0 Å². The van der Waals surface area contributed by atoms with Gasteiger partial charge < -0.3 is 14.7 Å². The molecule has 124 valence electrons. The van der Waals surface area contributed by atoms with Gasteiger partial charge in [-0.3, -0.25) is 14.6 Å². The van der Waals surface area contributed by atoms with Crippen LogP contribution in [0.2, 0.25) is 0 Å². The quantitative estimate of drug-likeness (QED) is 0.690. The maximum Gasteiger partial charge on any atom is 0.317 e. The molecule has 0 amide bonds. The predicted molar refractivity (Wildman–Crippen MR) is 78.2 cm³/mol. The SMILES string of the molecule is CCCCc1noc(CN2C[C@@H](O)[C@@H](N(C)CC(=O)O)C2)n1. The smallest absolute Gasteiger partial charge is 0.317 e. The molecule has 0 saturated carbocycles. The van der Waals surface area contributed by atoms with Gasteiger partial charge in [-0.15, -0.1) is 0 Å². The molecule has 1 aliphatic heterocycles. The Hall–Kier alpha value is -1.51. The average molecular weight is 312 g/mol. The van der Waals surface area contributed by atoms with E-state index in [-0.39, 0.29) is 12.6 Å². The van der Waals surface area contributed by atoms with Crippen molar-refractivity contribution in [1.29, 1.82) is 0 Å². The molecule has 0 spiro atoms. The highest BCUT2D eigenvalue weighted by atomic mass is 16.5. The number of carboxylic acids is 1. The molecule has 1 aromatic heterocycles. The summed E-state index contributed by atoms with van der Waals surface area (Å²) < 4.78 is 5.23. The summed E-state index contributed by atoms with van der Waals surface area (Å²) in [7, 11) is 1.71. The van der Waals surface area contributed by atoms with Crippen LogP contribution in [0.1, 0.15) is 31.5 Å². The van der Waals surface area contributed by atoms with Gasteiger partial charge in [0, 0.05) is 25.6 Å². The Morgan fingerprint density at radius 3 is 2.95 bits per heavy atom. The number of hydrogen-bond acceptors (Lipinski definition) is 7. The lowest BCUT2D eigenvalue weighted by Gasteiger charge is -2.24. The molecule has 1 fully saturated rings. The van der Waals surface area contributed by atoms with Crippen LogP contribution in [0, 0.1) is 0 Å². The highest BCUT2D eigenvalue weighted by Gasteiger charge is 2.35. The van der Waals surface area contributed by atoms with Crippen LogP contribution < -0.4 is 0 Å². The molecule has 2 heterocycles. The van der Waals surface area contributed by atoms with Crippen LogP contribution in [0.4, 0.5) is 0 Å². The number of aromatic nitrogens is 2. The zero-order valence-corrected chi connectivity index (χ0v) is 13.1. The second-order valence-corrected chi connectivity index (χ2v) is 5.85. The minimum atomic E-state index is -0.898. The van der Waals surface area contributed by atoms with E-state index >= 15 is 0 Å². The molecule has 0 bridgehead atoms. The average Bonchev–Trinajstić information content (AvgIpc) is 3.03. The van der Waals surface area contributed by atoms with Crippen LogP contribution in [0.5, 0.6) is 0 Å². The molecule has 1 aliphatic rings. The number of likely N-dealkylation sites (N-methyl/N-ethyl adjacent to an activating group) is 1. The molecule has 22 heavy (non-hydrogen) atoms. The number of β-amino-alcohol motifs (C(OH)–C–C–N with tert-alkyl or cyclic N) is 1. The zero-order chi connectivity index (χ0) is 16.1. The van der Waals surface area contributed by atoms with Gasteiger partial charge in [-0.1, -0.05) is 18.5 Å². The van der Waals surface area contributed by atoms with E-state index in [1.807, 2.05) is 4.90 Å². The number of carboxylic acid groups (broad SMARTS) is 1. The molecule has 2 atom stereocenters. The first-order valence-electron chi connectivity index (χ1n) is 7.63. The molecule has 2 rings (SSSR count). The number of likely N-dealkylation sites (tertiary alicyclic amines) is 1. The number of aryl methyl sites for hydroxylation is 1. The van der Waals surface area contributed by atoms with Gasteiger partial charge in [0.1, 0.15) is 0 Å². The Labute approximate surface area is 129 Å². The van der Waals surface area contributed by atoms with Gasteiger partial charge in [-0.2, -0.15) is 4.98 Å². The summed E-state index contributed by atoms with van der Waals surface area (Å²) >= 11 is 0. The fourth-order valence-corrected chi connectivity index (χ4v) is 2.72. The standard InChI is InChI=1S/C14H24N4O4/c1-3-4-5-12-15-13(22-16-12)8-18-6-10(11(19)7-18)17(2)9-14(20)21/h10-11,19H,3-9H2,1-2H3,(H,20,21)/t10-,11+/m0/s1. The Kier molecular flexibility index (Phi) is 5.87. The van der Waals surface area contributed by atoms with Crippen molar-refractivity contribution in [1.82, 2.24) is 19.9 Å². The fraction of sp³-hybridized carbons (Fsp3) is 0.786. The van der Waals surface area contributed by atoms with E-state index in [1.54, 1.807) is 11.9 Å². The summed E-state index contributed by atoms with van der Waals surface area (Å²) in [4.78, 5) is 18.8. The number of aliphatic carboxylic acids is 1. The number of unbranched alkanes of at least 4 members (excludes halogenated alkanes) is 1. The van der Waals surface area contributed by atoms with Crippen molar-refractivity contribution in [3.05, 3.63) is 11.7 Å². The molecular weight excluding hydrogens is 288 g/mol. The molecule has 0 aromatic carbocycles. The summed E-state index contributed by atoms with van der Waals surface area (Å²) in [6, 6.07) is -0.196. The lowest BCUT2D eigenvalue weighted by Crippen LogP contribution is -2.43. The molecule has 2 N–H and O–H groups in total. The van der Waals surface area contributed by atoms with Crippen LogP contribution in [0.25, 0.3) is 0 Å². The van der Waals surface area contributed by atoms with Crippen LogP contribution >= 0.6 is 0 Å². The number of nitrogens with zero attached hydrogens (tertiary/aromatic N) is 4. The Morgan fingerprint density at radius 1 is 1.50 bits per heavy atom. The van der Waals surface area contributed by atoms with Crippen LogP contribution in [-0.4, -0.2) is 75.0 Å². The van der Waals surface area contributed by atoms with E-state index in [9.17, 15) is 9.90 Å². The van der Waals surface area contributed by atoms with E-state index in [0.717, 1.165) is 25.1 Å². The van der Waals surface area contributed by atoms with E-state index < -0.39 is 12.1 Å². The fourth-order valence-electron chi connectivity index (χ4n) is 2.72. The van der Waals surface area contributed by atoms with Gasteiger partial charge in [0.15, 0.2) is 5.82 Å². The topological polar surface area (TPSA) is 103 Å². The Balaban J connectivity index is 1.86. The third kappa shape index (κ3) is 4.49. The van der Waals surface area contributed by atoms with Crippen molar-refractivity contribution in [2.45, 2.75) is 44.9 Å². The molecule has 1 aromatic rings. The maximum atomic E-state index is 10.8. The van der Waals surface area contributed by atoms with Crippen molar-refractivity contribution in [2.75, 3.05) is 26.7 Å². The maximum absolute atomic E-state index is 10.8. The van der Waals surface area contributed by atoms with Crippen LogP contribution in [0.15, 0.2) is 4.52 Å². The largest absolute Gasteiger partial charge is 0.480 e. The molecule has 1 saturated heterocycles. The van der Waals surface area contributed by atoms with Crippen molar-refractivity contribution in [3.63, 3.8) is 0 Å². The number of rotatable bonds is 8. The van der Waals surface area contributed by atoms with Crippen LogP contribution in [-0.2, 0) is 17.8 Å². The minimum Gasteiger partial charge on any atom is -0.480 e. The second-order valence-electron chi connectivity index (χ2n) is 5.85. The van der Waals surface area contributed by atoms with Crippen molar-refractivity contribution in [2.24, 2.45) is 0 Å². The summed E-state index contributed by atoms with van der Waals surface area (Å²) in [5.74, 6) is 0.363. The van der Waals surface area contributed by atoms with E-state index in [4.69, 9.17) is 9.63 Å². The first-order chi connectivity index (χ1) is 10.5. The molecule has 0 unspecified atom stereocenters. The number of hydrogen-bond donors (Lipinski definition) is 2. The number of carbonyl (C=O) groups is 1. The lowest BCUT2D eigenvalue weighted by atomic mass is 10.2. The molecular formula is C14H24N4O4. The summed E-state index contributed by atoms with van der Waals surface area (Å²) in [6.07, 6.45) is 2.35. The molecule has 8 nitrogen and oxygen atoms in total. The monoisotopic (exact) mass is 312 g/mol. The van der Waals surface area contributed by atoms with E-state index in [0.29, 0.717) is 25.5 Å². The molecule has 0 aliphatic carbocycles. The summed E-state index contributed by atoms with van der Waals surface area (Å²) in [5.41, 5.74) is 0. The van der Waals surface area contributed by atoms with Crippen molar-refractivity contribution in [3.8, 4) is 0 Å². The van der Waals surface area contributed by atoms with Gasteiger partial charge in [0.2, 0.25) is 5.89 Å². The lowest BCUT2D eigenvalue weighted by molar-refractivity contribution is -0.138. The Morgan fingerprint density at radius 2 is 2.27 bits per heavy atom. The Bertz CT molecular complexity index is 493. The third-order valence-electron chi connectivity index (χ3n) is 3.91. The third-order valence-corrected chi connectivity index (χ3v) is 3.91. The van der Waals surface area contributed by atoms with Gasteiger partial charge in [0.25, 0.3) is 0 Å². The zero-order valence-electron chi connectivity index (χ0n) is 13.1. The molecule has 0 radical (unpaired) electrons. The van der Waals surface area contributed by atoms with Gasteiger partial charge >= 0.3 is 5.97 Å². The number of aliphatic hydroxyl groups is 1. The van der Waals surface area contributed by atoms with E-state index in [2.05, 4.69) is 17.1 Å². The highest BCUT2D eigenvalue weighted by molar-refractivity contribution is 5.69. The molecule has 8 heteroatoms. The minimum absolute atomic E-state index is 0.0860. The summed E-state index contributed by atoms with van der Waals surface area (Å²) in [5, 5.41) is 22.9. The van der Waals surface area contributed by atoms with Gasteiger partial charge in [-0.05, 0) is 13.5 Å². The second kappa shape index (κ2) is 7.66.